The van der Waals surface area contributed by atoms with Crippen LogP contribution in [-0.4, -0.2) is 90.6 Å². The van der Waals surface area contributed by atoms with E-state index in [4.69, 9.17) is 5.11 Å². The number of hydrogen-bond acceptors (Lipinski definition) is 4. The summed E-state index contributed by atoms with van der Waals surface area (Å²) in [4.78, 5) is 39.0. The topological polar surface area (TPSA) is 93.2 Å². The molecular formula is C12H22N4O4. The zero-order valence-corrected chi connectivity index (χ0v) is 12.1. The number of hydrogen-bond donors (Lipinski definition) is 2. The standard InChI is InChI=1S/C12H22N4O4/c1-9(11(19)14(2)3)13-12(20)16-6-4-15(5-7-16)8-10(17)18/h9H,4-8H2,1-3H3,(H,13,20)(H,17,18). The fraction of sp³-hybridized carbons (Fsp3) is 0.750. The minimum atomic E-state index is -0.867. The van der Waals surface area contributed by atoms with Gasteiger partial charge in [0.1, 0.15) is 6.04 Å². The van der Waals surface area contributed by atoms with E-state index in [2.05, 4.69) is 5.32 Å². The Morgan fingerprint density at radius 1 is 1.20 bits per heavy atom. The van der Waals surface area contributed by atoms with Crippen molar-refractivity contribution < 1.29 is 19.5 Å². The third kappa shape index (κ3) is 4.69. The molecular weight excluding hydrogens is 264 g/mol. The summed E-state index contributed by atoms with van der Waals surface area (Å²) in [6.45, 7) is 3.60. The Balaban J connectivity index is 2.39. The van der Waals surface area contributed by atoms with Gasteiger partial charge < -0.3 is 20.2 Å². The first-order valence-electron chi connectivity index (χ1n) is 6.52. The number of carbonyl (C=O) groups excluding carboxylic acids is 2. The van der Waals surface area contributed by atoms with Crippen molar-refractivity contribution >= 4 is 17.9 Å². The first-order chi connectivity index (χ1) is 9.31. The highest BCUT2D eigenvalue weighted by atomic mass is 16.4. The maximum Gasteiger partial charge on any atom is 0.318 e. The molecule has 1 heterocycles. The van der Waals surface area contributed by atoms with Gasteiger partial charge in [0.25, 0.3) is 0 Å². The predicted octanol–water partition coefficient (Wildman–Crippen LogP) is -1.13. The number of aliphatic carboxylic acids is 1. The Morgan fingerprint density at radius 3 is 2.20 bits per heavy atom. The molecule has 3 amide bonds. The Hall–Kier alpha value is -1.83. The Bertz CT molecular complexity index is 378. The van der Waals surface area contributed by atoms with E-state index in [0.29, 0.717) is 26.2 Å². The molecule has 1 saturated heterocycles. The fourth-order valence-corrected chi connectivity index (χ4v) is 2.03. The van der Waals surface area contributed by atoms with Crippen molar-refractivity contribution in [2.75, 3.05) is 46.8 Å². The minimum absolute atomic E-state index is 0.00895. The quantitative estimate of drug-likeness (QED) is 0.682. The van der Waals surface area contributed by atoms with Crippen molar-refractivity contribution in [1.29, 1.82) is 0 Å². The van der Waals surface area contributed by atoms with Gasteiger partial charge in [-0.1, -0.05) is 0 Å². The molecule has 0 aromatic heterocycles. The molecule has 0 aromatic carbocycles. The van der Waals surface area contributed by atoms with Gasteiger partial charge in [0, 0.05) is 40.3 Å². The molecule has 0 saturated carbocycles. The Labute approximate surface area is 118 Å². The lowest BCUT2D eigenvalue weighted by Crippen LogP contribution is -2.55. The van der Waals surface area contributed by atoms with E-state index in [-0.39, 0.29) is 18.5 Å². The van der Waals surface area contributed by atoms with Crippen LogP contribution in [0.4, 0.5) is 4.79 Å². The van der Waals surface area contributed by atoms with Gasteiger partial charge in [0.05, 0.1) is 6.54 Å². The molecule has 0 aromatic rings. The summed E-state index contributed by atoms with van der Waals surface area (Å²) in [7, 11) is 3.27. The van der Waals surface area contributed by atoms with Crippen LogP contribution in [-0.2, 0) is 9.59 Å². The van der Waals surface area contributed by atoms with Crippen LogP contribution in [0.2, 0.25) is 0 Å². The smallest absolute Gasteiger partial charge is 0.318 e. The van der Waals surface area contributed by atoms with Crippen molar-refractivity contribution in [3.63, 3.8) is 0 Å². The molecule has 8 heteroatoms. The van der Waals surface area contributed by atoms with Crippen molar-refractivity contribution in [3.05, 3.63) is 0 Å². The zero-order valence-electron chi connectivity index (χ0n) is 12.1. The molecule has 1 rings (SSSR count). The summed E-state index contributed by atoms with van der Waals surface area (Å²) in [6, 6.07) is -0.864. The molecule has 114 valence electrons. The summed E-state index contributed by atoms with van der Waals surface area (Å²) in [5, 5.41) is 11.3. The summed E-state index contributed by atoms with van der Waals surface area (Å²) in [6.07, 6.45) is 0. The van der Waals surface area contributed by atoms with Crippen LogP contribution in [0.3, 0.4) is 0 Å². The predicted molar refractivity (Wildman–Crippen MR) is 72.3 cm³/mol. The number of carboxylic acid groups (broad SMARTS) is 1. The van der Waals surface area contributed by atoms with Gasteiger partial charge in [0.15, 0.2) is 0 Å². The average Bonchev–Trinajstić information content (AvgIpc) is 2.37. The normalized spacial score (nSPS) is 17.4. The van der Waals surface area contributed by atoms with Crippen molar-refractivity contribution in [2.45, 2.75) is 13.0 Å². The molecule has 1 unspecified atom stereocenters. The van der Waals surface area contributed by atoms with Gasteiger partial charge in [-0.2, -0.15) is 0 Å². The number of urea groups is 1. The van der Waals surface area contributed by atoms with Crippen LogP contribution in [0.15, 0.2) is 0 Å². The lowest BCUT2D eigenvalue weighted by molar-refractivity contribution is -0.138. The molecule has 8 nitrogen and oxygen atoms in total. The number of carboxylic acids is 1. The van der Waals surface area contributed by atoms with E-state index >= 15 is 0 Å². The molecule has 2 N–H and O–H groups in total. The first kappa shape index (κ1) is 16.2. The number of nitrogens with zero attached hydrogens (tertiary/aromatic N) is 3. The second-order valence-electron chi connectivity index (χ2n) is 5.06. The molecule has 0 radical (unpaired) electrons. The van der Waals surface area contributed by atoms with Crippen LogP contribution in [0.5, 0.6) is 0 Å². The Morgan fingerprint density at radius 2 is 1.75 bits per heavy atom. The number of nitrogens with one attached hydrogen (secondary N) is 1. The molecule has 0 bridgehead atoms. The third-order valence-corrected chi connectivity index (χ3v) is 3.17. The van der Waals surface area contributed by atoms with Crippen molar-refractivity contribution in [1.82, 2.24) is 20.0 Å². The van der Waals surface area contributed by atoms with Crippen LogP contribution >= 0.6 is 0 Å². The summed E-state index contributed by atoms with van der Waals surface area (Å²) < 4.78 is 0. The maximum absolute atomic E-state index is 12.0. The van der Waals surface area contributed by atoms with Crippen molar-refractivity contribution in [3.8, 4) is 0 Å². The van der Waals surface area contributed by atoms with E-state index in [0.717, 1.165) is 0 Å². The second-order valence-corrected chi connectivity index (χ2v) is 5.06. The highest BCUT2D eigenvalue weighted by Crippen LogP contribution is 2.02. The van der Waals surface area contributed by atoms with E-state index in [1.807, 2.05) is 0 Å². The minimum Gasteiger partial charge on any atom is -0.480 e. The first-order valence-corrected chi connectivity index (χ1v) is 6.52. The molecule has 1 aliphatic heterocycles. The molecule has 1 atom stereocenters. The lowest BCUT2D eigenvalue weighted by Gasteiger charge is -2.34. The molecule has 20 heavy (non-hydrogen) atoms. The van der Waals surface area contributed by atoms with E-state index < -0.39 is 12.0 Å². The van der Waals surface area contributed by atoms with Gasteiger partial charge in [-0.15, -0.1) is 0 Å². The van der Waals surface area contributed by atoms with Crippen LogP contribution in [0.25, 0.3) is 0 Å². The van der Waals surface area contributed by atoms with Gasteiger partial charge in [0.2, 0.25) is 5.91 Å². The number of rotatable bonds is 4. The van der Waals surface area contributed by atoms with Gasteiger partial charge >= 0.3 is 12.0 Å². The largest absolute Gasteiger partial charge is 0.480 e. The number of carbonyl (C=O) groups is 3. The number of likely N-dealkylation sites (N-methyl/N-ethyl adjacent to an activating group) is 1. The Kier molecular flexibility index (Phi) is 5.75. The summed E-state index contributed by atoms with van der Waals surface area (Å²) in [5.74, 6) is -1.03. The SMILES string of the molecule is CC(NC(=O)N1CCN(CC(=O)O)CC1)C(=O)N(C)C. The van der Waals surface area contributed by atoms with Gasteiger partial charge in [-0.05, 0) is 6.92 Å². The summed E-state index contributed by atoms with van der Waals surface area (Å²) >= 11 is 0. The van der Waals surface area contributed by atoms with E-state index in [1.165, 1.54) is 4.90 Å². The number of piperazine rings is 1. The second kappa shape index (κ2) is 7.09. The fourth-order valence-electron chi connectivity index (χ4n) is 2.03. The van der Waals surface area contributed by atoms with Crippen LogP contribution < -0.4 is 5.32 Å². The zero-order chi connectivity index (χ0) is 15.3. The average molecular weight is 286 g/mol. The lowest BCUT2D eigenvalue weighted by atomic mass is 10.3. The monoisotopic (exact) mass is 286 g/mol. The highest BCUT2D eigenvalue weighted by Gasteiger charge is 2.25. The van der Waals surface area contributed by atoms with Crippen molar-refractivity contribution in [2.24, 2.45) is 0 Å². The highest BCUT2D eigenvalue weighted by molar-refractivity contribution is 5.86. The molecule has 1 fully saturated rings. The van der Waals surface area contributed by atoms with E-state index in [1.54, 1.807) is 30.8 Å². The van der Waals surface area contributed by atoms with Crippen LogP contribution in [0, 0.1) is 0 Å². The van der Waals surface area contributed by atoms with Gasteiger partial charge in [-0.25, -0.2) is 4.79 Å². The molecule has 0 aliphatic carbocycles. The van der Waals surface area contributed by atoms with Crippen LogP contribution in [0.1, 0.15) is 6.92 Å². The van der Waals surface area contributed by atoms with E-state index in [9.17, 15) is 14.4 Å². The molecule has 1 aliphatic rings. The third-order valence-electron chi connectivity index (χ3n) is 3.17. The molecule has 0 spiro atoms. The maximum atomic E-state index is 12.0. The van der Waals surface area contributed by atoms with Gasteiger partial charge in [-0.3, -0.25) is 14.5 Å². The summed E-state index contributed by atoms with van der Waals surface area (Å²) in [5.41, 5.74) is 0. The number of amides is 3.